The van der Waals surface area contributed by atoms with Crippen LogP contribution in [0, 0.1) is 32.6 Å². The SMILES string of the molecule is Cc1cc(C)cc(C(C(=O)Nc2ccccc2C)N(C(=O)C(CC(C)C)NC(=O)OC(C)(C)C)C(C)CCC(C)C)c1. The van der Waals surface area contributed by atoms with E-state index in [1.54, 1.807) is 25.7 Å². The molecule has 0 bridgehead atoms. The zero-order chi connectivity index (χ0) is 31.8. The second kappa shape index (κ2) is 15.2. The largest absolute Gasteiger partial charge is 0.444 e. The Bertz CT molecular complexity index is 1190. The third kappa shape index (κ3) is 10.8. The molecule has 0 spiro atoms. The first-order valence-electron chi connectivity index (χ1n) is 15.2. The monoisotopic (exact) mass is 579 g/mol. The summed E-state index contributed by atoms with van der Waals surface area (Å²) in [6.45, 7) is 21.6. The van der Waals surface area contributed by atoms with Gasteiger partial charge in [0.15, 0.2) is 0 Å². The highest BCUT2D eigenvalue weighted by molar-refractivity contribution is 5.99. The Kier molecular flexibility index (Phi) is 12.6. The van der Waals surface area contributed by atoms with Gasteiger partial charge in [0.2, 0.25) is 5.91 Å². The molecular formula is C35H53N3O4. The zero-order valence-electron chi connectivity index (χ0n) is 27.6. The first kappa shape index (κ1) is 34.8. The van der Waals surface area contributed by atoms with E-state index in [4.69, 9.17) is 4.74 Å². The van der Waals surface area contributed by atoms with E-state index in [0.717, 1.165) is 28.7 Å². The molecule has 2 rings (SSSR count). The minimum absolute atomic E-state index is 0.113. The highest BCUT2D eigenvalue weighted by Crippen LogP contribution is 2.31. The number of anilines is 1. The number of hydrogen-bond acceptors (Lipinski definition) is 4. The van der Waals surface area contributed by atoms with Crippen LogP contribution in [0.25, 0.3) is 0 Å². The summed E-state index contributed by atoms with van der Waals surface area (Å²) in [4.78, 5) is 43.6. The molecule has 2 aromatic carbocycles. The van der Waals surface area contributed by atoms with Crippen LogP contribution in [0.2, 0.25) is 0 Å². The van der Waals surface area contributed by atoms with Crippen LogP contribution in [0.5, 0.6) is 0 Å². The van der Waals surface area contributed by atoms with Crippen molar-refractivity contribution in [2.45, 2.75) is 119 Å². The number of amides is 3. The van der Waals surface area contributed by atoms with Crippen molar-refractivity contribution >= 4 is 23.6 Å². The van der Waals surface area contributed by atoms with Crippen molar-refractivity contribution in [1.29, 1.82) is 0 Å². The highest BCUT2D eigenvalue weighted by atomic mass is 16.6. The number of hydrogen-bond donors (Lipinski definition) is 2. The zero-order valence-corrected chi connectivity index (χ0v) is 27.6. The molecule has 42 heavy (non-hydrogen) atoms. The van der Waals surface area contributed by atoms with Gasteiger partial charge in [-0.3, -0.25) is 9.59 Å². The van der Waals surface area contributed by atoms with E-state index < -0.39 is 23.8 Å². The Morgan fingerprint density at radius 2 is 1.45 bits per heavy atom. The number of carbonyl (C=O) groups is 3. The Labute approximate surface area is 253 Å². The molecular weight excluding hydrogens is 526 g/mol. The number of nitrogens with zero attached hydrogens (tertiary/aromatic N) is 1. The third-order valence-electron chi connectivity index (χ3n) is 7.08. The van der Waals surface area contributed by atoms with Gasteiger partial charge in [0.05, 0.1) is 0 Å². The van der Waals surface area contributed by atoms with Gasteiger partial charge in [0.25, 0.3) is 5.91 Å². The molecule has 2 aromatic rings. The van der Waals surface area contributed by atoms with Crippen molar-refractivity contribution < 1.29 is 19.1 Å². The fourth-order valence-corrected chi connectivity index (χ4v) is 5.16. The van der Waals surface area contributed by atoms with E-state index in [1.165, 1.54) is 0 Å². The van der Waals surface area contributed by atoms with E-state index in [-0.39, 0.29) is 23.8 Å². The Hall–Kier alpha value is -3.35. The van der Waals surface area contributed by atoms with Gasteiger partial charge in [0.1, 0.15) is 17.7 Å². The maximum Gasteiger partial charge on any atom is 0.408 e. The highest BCUT2D eigenvalue weighted by Gasteiger charge is 2.39. The molecule has 0 saturated carbocycles. The average molecular weight is 580 g/mol. The van der Waals surface area contributed by atoms with Crippen LogP contribution in [0.15, 0.2) is 42.5 Å². The van der Waals surface area contributed by atoms with Crippen molar-refractivity contribution in [2.75, 3.05) is 5.32 Å². The molecule has 2 N–H and O–H groups in total. The molecule has 3 atom stereocenters. The van der Waals surface area contributed by atoms with Gasteiger partial charge in [-0.1, -0.05) is 75.2 Å². The Morgan fingerprint density at radius 1 is 0.857 bits per heavy atom. The van der Waals surface area contributed by atoms with Gasteiger partial charge in [-0.15, -0.1) is 0 Å². The number of para-hydroxylation sites is 1. The van der Waals surface area contributed by atoms with Gasteiger partial charge < -0.3 is 20.3 Å². The lowest BCUT2D eigenvalue weighted by Gasteiger charge is -2.39. The van der Waals surface area contributed by atoms with Gasteiger partial charge in [0, 0.05) is 11.7 Å². The number of carbonyl (C=O) groups excluding carboxylic acids is 3. The maximum absolute atomic E-state index is 14.7. The molecule has 232 valence electrons. The number of benzene rings is 2. The second-order valence-corrected chi connectivity index (χ2v) is 13.5. The van der Waals surface area contributed by atoms with Crippen LogP contribution >= 0.6 is 0 Å². The standard InChI is InChI=1S/C35H53N3O4/c1-22(2)16-17-27(8)38(33(40)30(18-23(3)4)37-34(41)42-35(9,10)11)31(28-20-24(5)19-25(6)21-28)32(39)36-29-15-13-12-14-26(29)7/h12-15,19-23,27,30-31H,16-18H2,1-11H3,(H,36,39)(H,37,41). The topological polar surface area (TPSA) is 87.7 Å². The van der Waals surface area contributed by atoms with Crippen molar-refractivity contribution in [3.05, 3.63) is 64.7 Å². The minimum Gasteiger partial charge on any atom is -0.444 e. The molecule has 0 aliphatic rings. The summed E-state index contributed by atoms with van der Waals surface area (Å²) in [6.07, 6.45) is 1.36. The van der Waals surface area contributed by atoms with Gasteiger partial charge >= 0.3 is 6.09 Å². The summed E-state index contributed by atoms with van der Waals surface area (Å²) in [5, 5.41) is 5.96. The van der Waals surface area contributed by atoms with Crippen LogP contribution < -0.4 is 10.6 Å². The summed E-state index contributed by atoms with van der Waals surface area (Å²) in [6, 6.07) is 11.6. The maximum atomic E-state index is 14.7. The smallest absolute Gasteiger partial charge is 0.408 e. The fourth-order valence-electron chi connectivity index (χ4n) is 5.16. The molecule has 3 unspecified atom stereocenters. The lowest BCUT2D eigenvalue weighted by atomic mass is 9.94. The number of alkyl carbamates (subject to hydrolysis) is 1. The number of nitrogens with one attached hydrogen (secondary N) is 2. The lowest BCUT2D eigenvalue weighted by molar-refractivity contribution is -0.144. The summed E-state index contributed by atoms with van der Waals surface area (Å²) in [5.41, 5.74) is 3.67. The van der Waals surface area contributed by atoms with E-state index in [2.05, 4.69) is 30.5 Å². The molecule has 7 nitrogen and oxygen atoms in total. The van der Waals surface area contributed by atoms with Crippen LogP contribution in [0.4, 0.5) is 10.5 Å². The van der Waals surface area contributed by atoms with Crippen LogP contribution in [-0.2, 0) is 14.3 Å². The number of rotatable bonds is 12. The van der Waals surface area contributed by atoms with Crippen molar-refractivity contribution in [1.82, 2.24) is 10.2 Å². The fraction of sp³-hybridized carbons (Fsp3) is 0.571. The van der Waals surface area contributed by atoms with Crippen LogP contribution in [-0.4, -0.2) is 40.5 Å². The third-order valence-corrected chi connectivity index (χ3v) is 7.08. The first-order valence-corrected chi connectivity index (χ1v) is 15.2. The summed E-state index contributed by atoms with van der Waals surface area (Å²) in [7, 11) is 0. The van der Waals surface area contributed by atoms with Crippen LogP contribution in [0.3, 0.4) is 0 Å². The van der Waals surface area contributed by atoms with Crippen molar-refractivity contribution in [3.63, 3.8) is 0 Å². The van der Waals surface area contributed by atoms with E-state index in [0.29, 0.717) is 24.4 Å². The molecule has 0 saturated heterocycles. The summed E-state index contributed by atoms with van der Waals surface area (Å²) < 4.78 is 5.54. The molecule has 0 radical (unpaired) electrons. The van der Waals surface area contributed by atoms with Gasteiger partial charge in [-0.05, 0) is 96.8 Å². The quantitative estimate of drug-likeness (QED) is 0.268. The van der Waals surface area contributed by atoms with E-state index in [9.17, 15) is 14.4 Å². The lowest BCUT2D eigenvalue weighted by Crippen LogP contribution is -2.55. The molecule has 0 aromatic heterocycles. The summed E-state index contributed by atoms with van der Waals surface area (Å²) >= 11 is 0. The molecule has 0 fully saturated rings. The molecule has 7 heteroatoms. The van der Waals surface area contributed by atoms with Crippen molar-refractivity contribution in [3.8, 4) is 0 Å². The molecule has 0 aliphatic heterocycles. The molecule has 3 amide bonds. The summed E-state index contributed by atoms with van der Waals surface area (Å²) in [5.74, 6) is -0.0482. The Morgan fingerprint density at radius 3 is 1.98 bits per heavy atom. The predicted molar refractivity (Wildman–Crippen MR) is 171 cm³/mol. The number of ether oxygens (including phenoxy) is 1. The van der Waals surface area contributed by atoms with Gasteiger partial charge in [-0.25, -0.2) is 4.79 Å². The molecule has 0 aliphatic carbocycles. The Balaban J connectivity index is 2.69. The normalized spacial score (nSPS) is 13.8. The van der Waals surface area contributed by atoms with Gasteiger partial charge in [-0.2, -0.15) is 0 Å². The van der Waals surface area contributed by atoms with Crippen molar-refractivity contribution in [2.24, 2.45) is 11.8 Å². The molecule has 0 heterocycles. The number of aryl methyl sites for hydroxylation is 3. The van der Waals surface area contributed by atoms with E-state index in [1.807, 2.05) is 77.9 Å². The minimum atomic E-state index is -0.909. The average Bonchev–Trinajstić information content (AvgIpc) is 2.84. The van der Waals surface area contributed by atoms with E-state index >= 15 is 0 Å². The van der Waals surface area contributed by atoms with Crippen LogP contribution in [0.1, 0.15) is 103 Å². The first-order chi connectivity index (χ1) is 19.5. The second-order valence-electron chi connectivity index (χ2n) is 13.5. The predicted octanol–water partition coefficient (Wildman–Crippen LogP) is 7.88.